The zero-order valence-electron chi connectivity index (χ0n) is 15.9. The zero-order valence-corrected chi connectivity index (χ0v) is 15.9. The van der Waals surface area contributed by atoms with E-state index in [1.54, 1.807) is 48.5 Å². The summed E-state index contributed by atoms with van der Waals surface area (Å²) in [5, 5.41) is 2.89. The van der Waals surface area contributed by atoms with Crippen molar-refractivity contribution in [3.8, 4) is 18.1 Å². The molecule has 4 nitrogen and oxygen atoms in total. The van der Waals surface area contributed by atoms with Crippen LogP contribution >= 0.6 is 0 Å². The van der Waals surface area contributed by atoms with Gasteiger partial charge in [0.2, 0.25) is 0 Å². The lowest BCUT2D eigenvalue weighted by Crippen LogP contribution is -2.27. The van der Waals surface area contributed by atoms with E-state index in [0.717, 1.165) is 5.56 Å². The summed E-state index contributed by atoms with van der Waals surface area (Å²) >= 11 is 0. The summed E-state index contributed by atoms with van der Waals surface area (Å²) in [5.41, 5.74) is 2.39. The SMILES string of the molecule is C#CCOc1ccc(CCNC(=O)c2ccccc2C(=O)c2ccccc2)cc1. The summed E-state index contributed by atoms with van der Waals surface area (Å²) in [6.07, 6.45) is 5.84. The number of rotatable bonds is 8. The number of ketones is 1. The lowest BCUT2D eigenvalue weighted by Gasteiger charge is -2.10. The van der Waals surface area contributed by atoms with Crippen molar-refractivity contribution < 1.29 is 14.3 Å². The van der Waals surface area contributed by atoms with Crippen LogP contribution in [-0.2, 0) is 6.42 Å². The van der Waals surface area contributed by atoms with E-state index in [-0.39, 0.29) is 18.3 Å². The second-order valence-electron chi connectivity index (χ2n) is 6.38. The molecule has 0 saturated carbocycles. The monoisotopic (exact) mass is 383 g/mol. The standard InChI is InChI=1S/C25H21NO3/c1-2-18-29-21-14-12-19(13-15-21)16-17-26-25(28)23-11-7-6-10-22(23)24(27)20-8-4-3-5-9-20/h1,3-15H,16-18H2,(H,26,28). The van der Waals surface area contributed by atoms with Crippen molar-refractivity contribution in [3.05, 3.63) is 101 Å². The van der Waals surface area contributed by atoms with Crippen LogP contribution in [0.25, 0.3) is 0 Å². The van der Waals surface area contributed by atoms with Gasteiger partial charge in [0, 0.05) is 17.7 Å². The Balaban J connectivity index is 1.62. The molecule has 29 heavy (non-hydrogen) atoms. The molecule has 4 heteroatoms. The van der Waals surface area contributed by atoms with Gasteiger partial charge in [-0.05, 0) is 30.2 Å². The van der Waals surface area contributed by atoms with E-state index < -0.39 is 0 Å². The van der Waals surface area contributed by atoms with E-state index in [9.17, 15) is 9.59 Å². The second kappa shape index (κ2) is 9.91. The maximum absolute atomic E-state index is 12.8. The first-order valence-electron chi connectivity index (χ1n) is 9.31. The maximum atomic E-state index is 12.8. The minimum atomic E-state index is -0.265. The van der Waals surface area contributed by atoms with Crippen LogP contribution in [0, 0.1) is 12.3 Å². The van der Waals surface area contributed by atoms with Gasteiger partial charge in [-0.3, -0.25) is 9.59 Å². The van der Waals surface area contributed by atoms with Crippen molar-refractivity contribution in [2.45, 2.75) is 6.42 Å². The number of benzene rings is 3. The van der Waals surface area contributed by atoms with Gasteiger partial charge < -0.3 is 10.1 Å². The molecule has 0 unspecified atom stereocenters. The number of hydrogen-bond donors (Lipinski definition) is 1. The zero-order chi connectivity index (χ0) is 20.5. The fourth-order valence-corrected chi connectivity index (χ4v) is 2.92. The molecule has 0 bridgehead atoms. The van der Waals surface area contributed by atoms with Crippen LogP contribution in [0.5, 0.6) is 5.75 Å². The van der Waals surface area contributed by atoms with Gasteiger partial charge in [0.1, 0.15) is 12.4 Å². The molecule has 0 atom stereocenters. The molecule has 3 aromatic rings. The molecule has 0 radical (unpaired) electrons. The lowest BCUT2D eigenvalue weighted by molar-refractivity contribution is 0.0942. The van der Waals surface area contributed by atoms with Gasteiger partial charge >= 0.3 is 0 Å². The smallest absolute Gasteiger partial charge is 0.252 e. The highest BCUT2D eigenvalue weighted by Gasteiger charge is 2.17. The topological polar surface area (TPSA) is 55.4 Å². The van der Waals surface area contributed by atoms with Gasteiger partial charge in [0.25, 0.3) is 5.91 Å². The number of carbonyl (C=O) groups is 2. The van der Waals surface area contributed by atoms with E-state index >= 15 is 0 Å². The Kier molecular flexibility index (Phi) is 6.80. The highest BCUT2D eigenvalue weighted by Crippen LogP contribution is 2.15. The molecule has 0 saturated heterocycles. The number of terminal acetylenes is 1. The third-order valence-corrected chi connectivity index (χ3v) is 4.40. The summed E-state index contributed by atoms with van der Waals surface area (Å²) < 4.78 is 5.34. The van der Waals surface area contributed by atoms with E-state index in [1.165, 1.54) is 0 Å². The van der Waals surface area contributed by atoms with Crippen LogP contribution in [0.2, 0.25) is 0 Å². The average Bonchev–Trinajstić information content (AvgIpc) is 2.78. The highest BCUT2D eigenvalue weighted by molar-refractivity contribution is 6.15. The van der Waals surface area contributed by atoms with Gasteiger partial charge in [0.15, 0.2) is 5.78 Å². The third kappa shape index (κ3) is 5.33. The fourth-order valence-electron chi connectivity index (χ4n) is 2.92. The first kappa shape index (κ1) is 19.9. The number of ether oxygens (including phenoxy) is 1. The number of carbonyl (C=O) groups excluding carboxylic acids is 2. The number of hydrogen-bond acceptors (Lipinski definition) is 3. The Morgan fingerprint density at radius 1 is 0.862 bits per heavy atom. The summed E-state index contributed by atoms with van der Waals surface area (Å²) in [7, 11) is 0. The number of nitrogens with one attached hydrogen (secondary N) is 1. The van der Waals surface area contributed by atoms with Crippen molar-refractivity contribution in [1.82, 2.24) is 5.32 Å². The average molecular weight is 383 g/mol. The molecule has 0 fully saturated rings. The fraction of sp³-hybridized carbons (Fsp3) is 0.120. The molecule has 0 aromatic heterocycles. The minimum absolute atomic E-state index is 0.168. The molecule has 0 aliphatic rings. The third-order valence-electron chi connectivity index (χ3n) is 4.40. The predicted molar refractivity (Wildman–Crippen MR) is 113 cm³/mol. The van der Waals surface area contributed by atoms with Gasteiger partial charge in [-0.2, -0.15) is 0 Å². The van der Waals surface area contributed by atoms with Crippen LogP contribution in [0.4, 0.5) is 0 Å². The van der Waals surface area contributed by atoms with Crippen molar-refractivity contribution in [2.24, 2.45) is 0 Å². The molecule has 0 aliphatic heterocycles. The van der Waals surface area contributed by atoms with Crippen LogP contribution in [0.3, 0.4) is 0 Å². The molecule has 1 amide bonds. The normalized spacial score (nSPS) is 10.0. The van der Waals surface area contributed by atoms with Crippen molar-refractivity contribution in [2.75, 3.05) is 13.2 Å². The Morgan fingerprint density at radius 2 is 1.52 bits per heavy atom. The minimum Gasteiger partial charge on any atom is -0.481 e. The van der Waals surface area contributed by atoms with Crippen LogP contribution in [-0.4, -0.2) is 24.8 Å². The number of amides is 1. The molecule has 3 aromatic carbocycles. The molecule has 0 heterocycles. The van der Waals surface area contributed by atoms with Crippen molar-refractivity contribution in [3.63, 3.8) is 0 Å². The van der Waals surface area contributed by atoms with Crippen LogP contribution in [0.15, 0.2) is 78.9 Å². The molecule has 1 N–H and O–H groups in total. The Hall–Kier alpha value is -3.84. The quantitative estimate of drug-likeness (QED) is 0.474. The first-order valence-corrected chi connectivity index (χ1v) is 9.31. The van der Waals surface area contributed by atoms with Crippen LogP contribution in [0.1, 0.15) is 31.8 Å². The molecule has 0 aliphatic carbocycles. The van der Waals surface area contributed by atoms with E-state index in [1.807, 2.05) is 30.3 Å². The van der Waals surface area contributed by atoms with Gasteiger partial charge in [-0.1, -0.05) is 66.6 Å². The van der Waals surface area contributed by atoms with Crippen LogP contribution < -0.4 is 10.1 Å². The molecular formula is C25H21NO3. The Labute approximate surface area is 170 Å². The van der Waals surface area contributed by atoms with Crippen molar-refractivity contribution >= 4 is 11.7 Å². The second-order valence-corrected chi connectivity index (χ2v) is 6.38. The molecule has 144 valence electrons. The molecule has 3 rings (SSSR count). The van der Waals surface area contributed by atoms with Gasteiger partial charge in [-0.25, -0.2) is 0 Å². The summed E-state index contributed by atoms with van der Waals surface area (Å²) in [6, 6.07) is 23.4. The summed E-state index contributed by atoms with van der Waals surface area (Å²) in [6.45, 7) is 0.688. The first-order chi connectivity index (χ1) is 14.2. The molecule has 0 spiro atoms. The Morgan fingerprint density at radius 3 is 2.21 bits per heavy atom. The summed E-state index contributed by atoms with van der Waals surface area (Å²) in [5.74, 6) is 2.70. The van der Waals surface area contributed by atoms with E-state index in [4.69, 9.17) is 11.2 Å². The Bertz CT molecular complexity index is 1020. The van der Waals surface area contributed by atoms with Gasteiger partial charge in [0.05, 0.1) is 5.56 Å². The summed E-state index contributed by atoms with van der Waals surface area (Å²) in [4.78, 5) is 25.4. The molecular weight excluding hydrogens is 362 g/mol. The van der Waals surface area contributed by atoms with E-state index in [2.05, 4.69) is 11.2 Å². The lowest BCUT2D eigenvalue weighted by atomic mass is 9.98. The predicted octanol–water partition coefficient (Wildman–Crippen LogP) is 3.90. The van der Waals surface area contributed by atoms with Gasteiger partial charge in [-0.15, -0.1) is 6.42 Å². The largest absolute Gasteiger partial charge is 0.481 e. The van der Waals surface area contributed by atoms with Crippen molar-refractivity contribution in [1.29, 1.82) is 0 Å². The highest BCUT2D eigenvalue weighted by atomic mass is 16.5. The van der Waals surface area contributed by atoms with E-state index in [0.29, 0.717) is 35.4 Å². The maximum Gasteiger partial charge on any atom is 0.252 e.